The fraction of sp³-hybridized carbons (Fsp3) is 0.500. The van der Waals surface area contributed by atoms with Gasteiger partial charge in [0.25, 0.3) is 0 Å². The Morgan fingerprint density at radius 3 is 2.56 bits per heavy atom. The highest BCUT2D eigenvalue weighted by Crippen LogP contribution is 2.14. The summed E-state index contributed by atoms with van der Waals surface area (Å²) in [6.07, 6.45) is 1.96. The Kier molecular flexibility index (Phi) is 6.22. The van der Waals surface area contributed by atoms with E-state index in [4.69, 9.17) is 9.84 Å². The zero-order chi connectivity index (χ0) is 13.4. The maximum absolute atomic E-state index is 10.3. The molecule has 100 valence electrons. The van der Waals surface area contributed by atoms with Crippen molar-refractivity contribution >= 4 is 5.97 Å². The lowest BCUT2D eigenvalue weighted by atomic mass is 10.1. The Balaban J connectivity index is 2.29. The number of carboxylic acids is 1. The second-order valence-electron chi connectivity index (χ2n) is 4.38. The lowest BCUT2D eigenvalue weighted by molar-refractivity contribution is -0.137. The summed E-state index contributed by atoms with van der Waals surface area (Å²) < 4.78 is 5.42. The molecule has 0 heterocycles. The van der Waals surface area contributed by atoms with Crippen LogP contribution in [0.25, 0.3) is 0 Å². The Bertz CT molecular complexity index is 357. The van der Waals surface area contributed by atoms with Crippen molar-refractivity contribution in [1.29, 1.82) is 0 Å². The zero-order valence-electron chi connectivity index (χ0n) is 10.6. The summed E-state index contributed by atoms with van der Waals surface area (Å²) >= 11 is 0. The van der Waals surface area contributed by atoms with Crippen molar-refractivity contribution in [2.24, 2.45) is 0 Å². The van der Waals surface area contributed by atoms with Gasteiger partial charge >= 0.3 is 5.97 Å². The molecule has 1 unspecified atom stereocenters. The molecule has 0 amide bonds. The molecule has 4 nitrogen and oxygen atoms in total. The molecule has 1 aromatic carbocycles. The molecule has 0 saturated heterocycles. The standard InChI is InChI=1S/C14H20O4/c1-11(15)4-5-12-6-8-13(9-7-12)18-10-2-3-14(16)17/h6-9,11,15H,2-5,10H2,1H3,(H,16,17). The third kappa shape index (κ3) is 6.25. The van der Waals surface area contributed by atoms with Crippen molar-refractivity contribution in [3.8, 4) is 5.75 Å². The maximum Gasteiger partial charge on any atom is 0.303 e. The number of aryl methyl sites for hydroxylation is 1. The van der Waals surface area contributed by atoms with E-state index in [0.717, 1.165) is 24.2 Å². The number of carbonyl (C=O) groups is 1. The van der Waals surface area contributed by atoms with Gasteiger partial charge in [-0.3, -0.25) is 4.79 Å². The maximum atomic E-state index is 10.3. The normalized spacial score (nSPS) is 12.1. The molecule has 0 bridgehead atoms. The molecule has 0 fully saturated rings. The van der Waals surface area contributed by atoms with Crippen LogP contribution in [0.5, 0.6) is 5.75 Å². The van der Waals surface area contributed by atoms with Gasteiger partial charge in [-0.25, -0.2) is 0 Å². The Hall–Kier alpha value is -1.55. The first kappa shape index (κ1) is 14.5. The number of rotatable bonds is 8. The third-order valence-electron chi connectivity index (χ3n) is 2.58. The van der Waals surface area contributed by atoms with E-state index in [1.807, 2.05) is 24.3 Å². The number of ether oxygens (including phenoxy) is 1. The number of hydrogen-bond acceptors (Lipinski definition) is 3. The minimum Gasteiger partial charge on any atom is -0.494 e. The lowest BCUT2D eigenvalue weighted by Crippen LogP contribution is -2.03. The monoisotopic (exact) mass is 252 g/mol. The van der Waals surface area contributed by atoms with Gasteiger partial charge in [-0.1, -0.05) is 12.1 Å². The summed E-state index contributed by atoms with van der Waals surface area (Å²) in [5.41, 5.74) is 1.16. The summed E-state index contributed by atoms with van der Waals surface area (Å²) in [6.45, 7) is 2.19. The number of carboxylic acid groups (broad SMARTS) is 1. The third-order valence-corrected chi connectivity index (χ3v) is 2.58. The molecular formula is C14H20O4. The van der Waals surface area contributed by atoms with Gasteiger partial charge in [-0.2, -0.15) is 0 Å². The molecule has 1 rings (SSSR count). The Morgan fingerprint density at radius 2 is 2.00 bits per heavy atom. The average molecular weight is 252 g/mol. The fourth-order valence-corrected chi connectivity index (χ4v) is 1.54. The summed E-state index contributed by atoms with van der Waals surface area (Å²) in [6, 6.07) is 7.68. The van der Waals surface area contributed by atoms with Crippen LogP contribution in [0, 0.1) is 0 Å². The summed E-state index contributed by atoms with van der Waals surface area (Å²) in [4.78, 5) is 10.3. The van der Waals surface area contributed by atoms with Crippen molar-refractivity contribution in [3.63, 3.8) is 0 Å². The van der Waals surface area contributed by atoms with E-state index < -0.39 is 5.97 Å². The summed E-state index contributed by atoms with van der Waals surface area (Å²) in [7, 11) is 0. The van der Waals surface area contributed by atoms with E-state index >= 15 is 0 Å². The van der Waals surface area contributed by atoms with Crippen LogP contribution >= 0.6 is 0 Å². The molecule has 0 radical (unpaired) electrons. The van der Waals surface area contributed by atoms with Gasteiger partial charge in [0.2, 0.25) is 0 Å². The van der Waals surface area contributed by atoms with E-state index in [-0.39, 0.29) is 12.5 Å². The molecule has 0 aromatic heterocycles. The van der Waals surface area contributed by atoms with Crippen LogP contribution in [0.1, 0.15) is 31.7 Å². The number of hydrogen-bond donors (Lipinski definition) is 2. The van der Waals surface area contributed by atoms with E-state index in [2.05, 4.69) is 0 Å². The van der Waals surface area contributed by atoms with Crippen molar-refractivity contribution in [3.05, 3.63) is 29.8 Å². The SMILES string of the molecule is CC(O)CCc1ccc(OCCCC(=O)O)cc1. The van der Waals surface area contributed by atoms with Gasteiger partial charge in [0.1, 0.15) is 5.75 Å². The van der Waals surface area contributed by atoms with Crippen molar-refractivity contribution in [2.75, 3.05) is 6.61 Å². The average Bonchev–Trinajstić information content (AvgIpc) is 2.33. The van der Waals surface area contributed by atoms with Gasteiger partial charge < -0.3 is 14.9 Å². The van der Waals surface area contributed by atoms with Gasteiger partial charge in [0.05, 0.1) is 12.7 Å². The Morgan fingerprint density at radius 1 is 1.33 bits per heavy atom. The highest BCUT2D eigenvalue weighted by atomic mass is 16.5. The quantitative estimate of drug-likeness (QED) is 0.696. The molecule has 18 heavy (non-hydrogen) atoms. The first-order chi connectivity index (χ1) is 8.58. The fourth-order valence-electron chi connectivity index (χ4n) is 1.54. The molecule has 1 aromatic rings. The van der Waals surface area contributed by atoms with Gasteiger partial charge in [0.15, 0.2) is 0 Å². The number of aliphatic hydroxyl groups excluding tert-OH is 1. The minimum absolute atomic E-state index is 0.131. The first-order valence-electron chi connectivity index (χ1n) is 6.19. The van der Waals surface area contributed by atoms with Gasteiger partial charge in [-0.05, 0) is 43.9 Å². The molecule has 0 aliphatic heterocycles. The highest BCUT2D eigenvalue weighted by Gasteiger charge is 2.00. The molecule has 4 heteroatoms. The van der Waals surface area contributed by atoms with E-state index in [1.54, 1.807) is 6.92 Å². The molecular weight excluding hydrogens is 232 g/mol. The lowest BCUT2D eigenvalue weighted by Gasteiger charge is -2.07. The number of benzene rings is 1. The van der Waals surface area contributed by atoms with Gasteiger partial charge in [-0.15, -0.1) is 0 Å². The first-order valence-corrected chi connectivity index (χ1v) is 6.19. The van der Waals surface area contributed by atoms with E-state index in [9.17, 15) is 9.90 Å². The van der Waals surface area contributed by atoms with Crippen LogP contribution in [0.15, 0.2) is 24.3 Å². The van der Waals surface area contributed by atoms with Crippen LogP contribution in [0.4, 0.5) is 0 Å². The zero-order valence-corrected chi connectivity index (χ0v) is 10.6. The Labute approximate surface area is 107 Å². The second kappa shape index (κ2) is 7.71. The summed E-state index contributed by atoms with van der Waals surface area (Å²) in [5.74, 6) is -0.0479. The predicted octanol–water partition coefficient (Wildman–Crippen LogP) is 2.24. The van der Waals surface area contributed by atoms with Crippen LogP contribution < -0.4 is 4.74 Å². The molecule has 1 atom stereocenters. The largest absolute Gasteiger partial charge is 0.494 e. The van der Waals surface area contributed by atoms with Crippen molar-refractivity contribution in [1.82, 2.24) is 0 Å². The molecule has 0 aliphatic carbocycles. The predicted molar refractivity (Wildman–Crippen MR) is 68.8 cm³/mol. The van der Waals surface area contributed by atoms with E-state index in [1.165, 1.54) is 0 Å². The topological polar surface area (TPSA) is 66.8 Å². The highest BCUT2D eigenvalue weighted by molar-refractivity contribution is 5.66. The number of aliphatic carboxylic acids is 1. The second-order valence-corrected chi connectivity index (χ2v) is 4.38. The smallest absolute Gasteiger partial charge is 0.303 e. The molecule has 0 saturated carbocycles. The minimum atomic E-state index is -0.799. The van der Waals surface area contributed by atoms with Crippen LogP contribution in [-0.4, -0.2) is 28.9 Å². The van der Waals surface area contributed by atoms with Crippen LogP contribution in [0.3, 0.4) is 0 Å². The van der Waals surface area contributed by atoms with Crippen LogP contribution in [0.2, 0.25) is 0 Å². The number of aliphatic hydroxyl groups is 1. The summed E-state index contributed by atoms with van der Waals surface area (Å²) in [5, 5.41) is 17.7. The van der Waals surface area contributed by atoms with Crippen LogP contribution in [-0.2, 0) is 11.2 Å². The van der Waals surface area contributed by atoms with E-state index in [0.29, 0.717) is 13.0 Å². The molecule has 0 aliphatic rings. The molecule has 2 N–H and O–H groups in total. The van der Waals surface area contributed by atoms with Crippen molar-refractivity contribution in [2.45, 2.75) is 38.7 Å². The molecule has 0 spiro atoms. The van der Waals surface area contributed by atoms with Crippen molar-refractivity contribution < 1.29 is 19.7 Å². The van der Waals surface area contributed by atoms with Gasteiger partial charge in [0, 0.05) is 6.42 Å².